The lowest BCUT2D eigenvalue weighted by Crippen LogP contribution is -2.13. The highest BCUT2D eigenvalue weighted by Gasteiger charge is 2.05. The topological polar surface area (TPSA) is 158 Å². The van der Waals surface area contributed by atoms with Gasteiger partial charge in [-0.2, -0.15) is 0 Å². The summed E-state index contributed by atoms with van der Waals surface area (Å²) in [6, 6.07) is 0. The molecule has 0 saturated heterocycles. The fraction of sp³-hybridized carbons (Fsp3) is 0.471. The maximum Gasteiger partial charge on any atom is 0.305 e. The highest BCUT2D eigenvalue weighted by Crippen LogP contribution is 2.22. The minimum absolute atomic E-state index is 0.180. The highest BCUT2D eigenvalue weighted by atomic mass is 79.9. The van der Waals surface area contributed by atoms with Crippen LogP contribution in [0.4, 0.5) is 0 Å². The molecule has 0 amide bonds. The molecular formula is C34H44Br4N6O6S5. The van der Waals surface area contributed by atoms with Gasteiger partial charge in [0.1, 0.15) is 6.29 Å². The summed E-state index contributed by atoms with van der Waals surface area (Å²) >= 11 is 21.3. The van der Waals surface area contributed by atoms with Crippen LogP contribution in [0.3, 0.4) is 0 Å². The molecule has 5 rings (SSSR count). The molecule has 0 spiro atoms. The normalized spacial score (nSPS) is 10.1. The number of rotatable bonds is 16. The van der Waals surface area contributed by atoms with Gasteiger partial charge in [-0.1, -0.05) is 0 Å². The number of halogens is 4. The lowest BCUT2D eigenvalue weighted by atomic mass is 10.3. The number of hydrogen-bond acceptors (Lipinski definition) is 17. The van der Waals surface area contributed by atoms with Gasteiger partial charge in [-0.3, -0.25) is 9.59 Å². The van der Waals surface area contributed by atoms with Gasteiger partial charge in [0.2, 0.25) is 0 Å². The molecule has 0 unspecified atom stereocenters. The third-order valence-corrected chi connectivity index (χ3v) is 13.1. The number of nitrogens with zero attached hydrogens (tertiary/aromatic N) is 6. The molecule has 304 valence electrons. The molecular weight excluding hydrogens is 1070 g/mol. The minimum Gasteiger partial charge on any atom is -0.469 e. The molecule has 12 nitrogen and oxygen atoms in total. The predicted octanol–water partition coefficient (Wildman–Crippen LogP) is 9.53. The van der Waals surface area contributed by atoms with Gasteiger partial charge >= 0.3 is 11.9 Å². The van der Waals surface area contributed by atoms with E-state index in [4.69, 9.17) is 5.11 Å². The van der Waals surface area contributed by atoms with Crippen LogP contribution < -0.4 is 0 Å². The zero-order valence-corrected chi connectivity index (χ0v) is 41.2. The Bertz CT molecular complexity index is 1740. The second-order valence-electron chi connectivity index (χ2n) is 10.7. The third-order valence-electron chi connectivity index (χ3n) is 6.15. The van der Waals surface area contributed by atoms with Crippen molar-refractivity contribution >= 4 is 139 Å². The summed E-state index contributed by atoms with van der Waals surface area (Å²) in [5.41, 5.74) is 0. The van der Waals surface area contributed by atoms with E-state index >= 15 is 0 Å². The van der Waals surface area contributed by atoms with Crippen molar-refractivity contribution in [2.75, 3.05) is 41.5 Å². The van der Waals surface area contributed by atoms with Crippen molar-refractivity contribution in [2.45, 2.75) is 64.2 Å². The second kappa shape index (κ2) is 32.5. The molecule has 0 atom stereocenters. The van der Waals surface area contributed by atoms with Gasteiger partial charge in [0.15, 0.2) is 0 Å². The molecule has 0 fully saturated rings. The van der Waals surface area contributed by atoms with E-state index in [9.17, 15) is 14.4 Å². The molecule has 5 heterocycles. The number of methoxy groups -OCH3 is 2. The Morgan fingerprint density at radius 2 is 1.09 bits per heavy atom. The van der Waals surface area contributed by atoms with Gasteiger partial charge in [0.25, 0.3) is 0 Å². The Morgan fingerprint density at radius 3 is 1.44 bits per heavy atom. The van der Waals surface area contributed by atoms with Gasteiger partial charge in [0, 0.05) is 56.7 Å². The number of carbonyl (C=O) groups is 3. The number of aldehydes is 1. The fourth-order valence-corrected chi connectivity index (χ4v) is 9.50. The first-order chi connectivity index (χ1) is 26.4. The number of esters is 2. The summed E-state index contributed by atoms with van der Waals surface area (Å²) in [6.45, 7) is 1.38. The van der Waals surface area contributed by atoms with Crippen LogP contribution in [0.1, 0.15) is 57.1 Å². The van der Waals surface area contributed by atoms with Crippen LogP contribution in [-0.4, -0.2) is 94.6 Å². The van der Waals surface area contributed by atoms with Crippen molar-refractivity contribution in [3.63, 3.8) is 0 Å². The first kappa shape index (κ1) is 51.6. The molecule has 0 aliphatic carbocycles. The monoisotopic (exact) mass is 1110 g/mol. The molecule has 0 aromatic carbocycles. The minimum atomic E-state index is -0.193. The van der Waals surface area contributed by atoms with E-state index < -0.39 is 0 Å². The van der Waals surface area contributed by atoms with Crippen LogP contribution in [0.5, 0.6) is 0 Å². The molecule has 0 radical (unpaired) electrons. The highest BCUT2D eigenvalue weighted by molar-refractivity contribution is 9.11. The van der Waals surface area contributed by atoms with Crippen LogP contribution in [-0.2, 0) is 56.0 Å². The maximum atomic E-state index is 10.7. The number of aliphatic hydroxyl groups is 1. The van der Waals surface area contributed by atoms with Crippen LogP contribution >= 0.6 is 120 Å². The average Bonchev–Trinajstić information content (AvgIpc) is 4.03. The second-order valence-corrected chi connectivity index (χ2v) is 21.7. The first-order valence-corrected chi connectivity index (χ1v) is 23.8. The maximum absolute atomic E-state index is 10.7. The SMILES string of the molecule is CN(C)CCCc1ncc(Br)s1.COC(=O)CCc1ncc(Br)s1.COC(=O)CCc1nccs1.O=CCCc1ncc(Br)s1.OCCCc1ncc(Br)s1. The molecule has 0 bridgehead atoms. The zero-order valence-electron chi connectivity index (χ0n) is 30.8. The van der Waals surface area contributed by atoms with Crippen molar-refractivity contribution in [3.8, 4) is 0 Å². The summed E-state index contributed by atoms with van der Waals surface area (Å²) in [5, 5.41) is 15.7. The Morgan fingerprint density at radius 1 is 0.673 bits per heavy atom. The Balaban J connectivity index is 0.000000344. The molecule has 0 saturated carbocycles. The van der Waals surface area contributed by atoms with E-state index in [0.717, 1.165) is 73.7 Å². The first-order valence-electron chi connectivity index (χ1n) is 16.5. The molecule has 1 N–H and O–H groups in total. The van der Waals surface area contributed by atoms with Crippen molar-refractivity contribution < 1.29 is 29.0 Å². The lowest BCUT2D eigenvalue weighted by Gasteiger charge is -2.06. The number of ether oxygens (including phenoxy) is 2. The van der Waals surface area contributed by atoms with Crippen LogP contribution in [0.15, 0.2) is 51.5 Å². The molecule has 0 aliphatic rings. The van der Waals surface area contributed by atoms with E-state index in [1.165, 1.54) is 37.0 Å². The fourth-order valence-electron chi connectivity index (χ4n) is 3.57. The Labute approximate surface area is 376 Å². The van der Waals surface area contributed by atoms with E-state index in [1.54, 1.807) is 70.1 Å². The van der Waals surface area contributed by atoms with E-state index in [-0.39, 0.29) is 18.5 Å². The smallest absolute Gasteiger partial charge is 0.305 e. The zero-order chi connectivity index (χ0) is 40.8. The van der Waals surface area contributed by atoms with Crippen molar-refractivity contribution in [1.82, 2.24) is 29.8 Å². The lowest BCUT2D eigenvalue weighted by molar-refractivity contribution is -0.141. The number of aryl methyl sites for hydroxylation is 5. The van der Waals surface area contributed by atoms with E-state index in [0.29, 0.717) is 32.1 Å². The summed E-state index contributed by atoms with van der Waals surface area (Å²) in [5.74, 6) is -0.374. The largest absolute Gasteiger partial charge is 0.469 e. The van der Waals surface area contributed by atoms with Crippen molar-refractivity contribution in [3.05, 3.63) is 76.5 Å². The van der Waals surface area contributed by atoms with Crippen LogP contribution in [0, 0.1) is 0 Å². The third kappa shape index (κ3) is 27.8. The van der Waals surface area contributed by atoms with Gasteiger partial charge in [-0.25, -0.2) is 24.9 Å². The van der Waals surface area contributed by atoms with Crippen molar-refractivity contribution in [1.29, 1.82) is 0 Å². The quantitative estimate of drug-likeness (QED) is 0.0739. The summed E-state index contributed by atoms with van der Waals surface area (Å²) < 4.78 is 13.2. The summed E-state index contributed by atoms with van der Waals surface area (Å²) in [4.78, 5) is 54.1. The van der Waals surface area contributed by atoms with Crippen LogP contribution in [0.25, 0.3) is 0 Å². The Hall–Kier alpha value is -1.40. The van der Waals surface area contributed by atoms with Gasteiger partial charge in [-0.05, 0) is 97.2 Å². The van der Waals surface area contributed by atoms with E-state index in [2.05, 4.69) is 117 Å². The number of thiazole rings is 5. The van der Waals surface area contributed by atoms with Gasteiger partial charge in [0.05, 0.1) is 92.0 Å². The van der Waals surface area contributed by atoms with Gasteiger partial charge in [-0.15, -0.1) is 56.7 Å². The summed E-state index contributed by atoms with van der Waals surface area (Å²) in [6.07, 6.45) is 17.3. The van der Waals surface area contributed by atoms with E-state index in [1.807, 2.05) is 11.6 Å². The predicted molar refractivity (Wildman–Crippen MR) is 239 cm³/mol. The number of aromatic nitrogens is 5. The molecule has 5 aromatic rings. The Kier molecular flexibility index (Phi) is 30.5. The average molecular weight is 1110 g/mol. The van der Waals surface area contributed by atoms with Crippen molar-refractivity contribution in [2.24, 2.45) is 0 Å². The van der Waals surface area contributed by atoms with Gasteiger partial charge < -0.3 is 24.3 Å². The number of carbonyl (C=O) groups excluding carboxylic acids is 3. The van der Waals surface area contributed by atoms with Crippen LogP contribution in [0.2, 0.25) is 0 Å². The number of hydrogen-bond donors (Lipinski definition) is 1. The molecule has 21 heteroatoms. The molecule has 0 aliphatic heterocycles. The summed E-state index contributed by atoms with van der Waals surface area (Å²) in [7, 11) is 6.97. The standard InChI is InChI=1S/C8H13BrN2S.C7H8BrNO2S.C7H9NO2S.C6H8BrNOS.C6H6BrNOS/c1-11(2)5-3-4-8-10-6-7(9)12-8;1-11-7(10)3-2-6-9-4-5(8)12-6;1-10-7(9)3-2-6-8-4-5-11-6;2*7-5-4-8-6(10-5)2-1-3-9/h6H,3-5H2,1-2H3;4H,2-3H2,1H3;4-5H,2-3H2,1H3;4,9H,1-3H2;3-4H,1-2H2. The molecule has 5 aromatic heterocycles. The molecule has 55 heavy (non-hydrogen) atoms. The number of aliphatic hydroxyl groups excluding tert-OH is 1.